The summed E-state index contributed by atoms with van der Waals surface area (Å²) in [7, 11) is 6.10. The zero-order valence-electron chi connectivity index (χ0n) is 12.6. The van der Waals surface area contributed by atoms with Crippen LogP contribution < -0.4 is 10.6 Å². The standard InChI is InChI=1S/C13H28N4O.HI/c1-5-18-9-8-15-13(14-2)16-10-12(17(3)4)11-6-7-11;/h11-12H,5-10H2,1-4H3,(H2,14,15,16);1H. The normalized spacial score (nSPS) is 17.0. The first-order chi connectivity index (χ1) is 8.69. The lowest BCUT2D eigenvalue weighted by molar-refractivity contribution is 0.152. The molecule has 1 aliphatic carbocycles. The molecule has 0 aliphatic heterocycles. The molecule has 0 aromatic heterocycles. The molecule has 0 heterocycles. The molecule has 1 rings (SSSR count). The number of guanidine groups is 1. The third-order valence-electron chi connectivity index (χ3n) is 3.27. The average Bonchev–Trinajstić information content (AvgIpc) is 3.16. The summed E-state index contributed by atoms with van der Waals surface area (Å²) in [4.78, 5) is 6.52. The van der Waals surface area contributed by atoms with E-state index in [2.05, 4.69) is 34.6 Å². The fourth-order valence-corrected chi connectivity index (χ4v) is 2.06. The molecular formula is C13H29IN4O. The molecular weight excluding hydrogens is 355 g/mol. The van der Waals surface area contributed by atoms with Crippen LogP contribution in [0.25, 0.3) is 0 Å². The van der Waals surface area contributed by atoms with E-state index in [1.165, 1.54) is 12.8 Å². The Morgan fingerprint density at radius 2 is 2.05 bits per heavy atom. The quantitative estimate of drug-likeness (QED) is 0.285. The van der Waals surface area contributed by atoms with E-state index >= 15 is 0 Å². The van der Waals surface area contributed by atoms with Crippen LogP contribution in [-0.4, -0.2) is 64.3 Å². The smallest absolute Gasteiger partial charge is 0.191 e. The second-order valence-electron chi connectivity index (χ2n) is 4.95. The zero-order valence-corrected chi connectivity index (χ0v) is 14.9. The summed E-state index contributed by atoms with van der Waals surface area (Å²) in [5, 5.41) is 6.64. The van der Waals surface area contributed by atoms with E-state index in [4.69, 9.17) is 4.74 Å². The van der Waals surface area contributed by atoms with Crippen LogP contribution in [-0.2, 0) is 4.74 Å². The van der Waals surface area contributed by atoms with Crippen LogP contribution in [0.3, 0.4) is 0 Å². The molecule has 0 bridgehead atoms. The van der Waals surface area contributed by atoms with Crippen LogP contribution in [0.5, 0.6) is 0 Å². The van der Waals surface area contributed by atoms with Gasteiger partial charge < -0.3 is 20.3 Å². The first-order valence-electron chi connectivity index (χ1n) is 6.87. The van der Waals surface area contributed by atoms with Crippen LogP contribution in [0.15, 0.2) is 4.99 Å². The summed E-state index contributed by atoms with van der Waals surface area (Å²) in [5.41, 5.74) is 0. The van der Waals surface area contributed by atoms with Gasteiger partial charge in [-0.2, -0.15) is 0 Å². The second kappa shape index (κ2) is 10.7. The minimum Gasteiger partial charge on any atom is -0.380 e. The van der Waals surface area contributed by atoms with Gasteiger partial charge in [-0.1, -0.05) is 0 Å². The molecule has 0 aromatic rings. The highest BCUT2D eigenvalue weighted by molar-refractivity contribution is 14.0. The number of halogens is 1. The van der Waals surface area contributed by atoms with Gasteiger partial charge in [-0.25, -0.2) is 0 Å². The van der Waals surface area contributed by atoms with E-state index in [9.17, 15) is 0 Å². The van der Waals surface area contributed by atoms with Gasteiger partial charge >= 0.3 is 0 Å². The number of nitrogens with zero attached hydrogens (tertiary/aromatic N) is 2. The number of ether oxygens (including phenoxy) is 1. The summed E-state index contributed by atoms with van der Waals surface area (Å²) in [6.07, 6.45) is 2.72. The molecule has 2 N–H and O–H groups in total. The lowest BCUT2D eigenvalue weighted by atomic mass is 10.1. The third kappa shape index (κ3) is 7.94. The maximum atomic E-state index is 5.29. The number of aliphatic imine (C=N–C) groups is 1. The van der Waals surface area contributed by atoms with Crippen LogP contribution in [0.2, 0.25) is 0 Å². The molecule has 1 aliphatic rings. The Balaban J connectivity index is 0.00000324. The van der Waals surface area contributed by atoms with E-state index in [0.717, 1.165) is 38.2 Å². The third-order valence-corrected chi connectivity index (χ3v) is 3.27. The van der Waals surface area contributed by atoms with Gasteiger partial charge in [0.2, 0.25) is 0 Å². The molecule has 0 amide bonds. The highest BCUT2D eigenvalue weighted by Crippen LogP contribution is 2.34. The largest absolute Gasteiger partial charge is 0.380 e. The van der Waals surface area contributed by atoms with E-state index in [1.807, 2.05) is 6.92 Å². The summed E-state index contributed by atoms with van der Waals surface area (Å²) in [6, 6.07) is 0.607. The Labute approximate surface area is 134 Å². The van der Waals surface area contributed by atoms with Crippen molar-refractivity contribution in [3.05, 3.63) is 0 Å². The van der Waals surface area contributed by atoms with E-state index < -0.39 is 0 Å². The van der Waals surface area contributed by atoms with Gasteiger partial charge in [-0.15, -0.1) is 24.0 Å². The molecule has 0 radical (unpaired) electrons. The average molecular weight is 384 g/mol. The maximum absolute atomic E-state index is 5.29. The monoisotopic (exact) mass is 384 g/mol. The SMILES string of the molecule is CCOCCNC(=NC)NCC(C1CC1)N(C)C.I. The van der Waals surface area contributed by atoms with Crippen molar-refractivity contribution >= 4 is 29.9 Å². The van der Waals surface area contributed by atoms with Crippen molar-refractivity contribution in [3.8, 4) is 0 Å². The van der Waals surface area contributed by atoms with Gasteiger partial charge in [0.05, 0.1) is 6.61 Å². The summed E-state index contributed by atoms with van der Waals surface area (Å²) in [5.74, 6) is 1.72. The summed E-state index contributed by atoms with van der Waals surface area (Å²) < 4.78 is 5.29. The lowest BCUT2D eigenvalue weighted by Crippen LogP contribution is -2.46. The van der Waals surface area contributed by atoms with Crippen molar-refractivity contribution in [3.63, 3.8) is 0 Å². The molecule has 0 saturated heterocycles. The molecule has 0 spiro atoms. The fourth-order valence-electron chi connectivity index (χ4n) is 2.06. The van der Waals surface area contributed by atoms with Crippen molar-refractivity contribution < 1.29 is 4.74 Å². The summed E-state index contributed by atoms with van der Waals surface area (Å²) in [6.45, 7) is 5.23. The van der Waals surface area contributed by atoms with Crippen molar-refractivity contribution in [2.75, 3.05) is 47.4 Å². The molecule has 1 fully saturated rings. The Bertz CT molecular complexity index is 255. The molecule has 6 heteroatoms. The topological polar surface area (TPSA) is 48.9 Å². The van der Waals surface area contributed by atoms with Crippen molar-refractivity contribution in [1.82, 2.24) is 15.5 Å². The maximum Gasteiger partial charge on any atom is 0.191 e. The highest BCUT2D eigenvalue weighted by atomic mass is 127. The minimum absolute atomic E-state index is 0. The van der Waals surface area contributed by atoms with Gasteiger partial charge in [0.1, 0.15) is 0 Å². The highest BCUT2D eigenvalue weighted by Gasteiger charge is 2.32. The Morgan fingerprint density at radius 1 is 1.37 bits per heavy atom. The first kappa shape index (κ1) is 18.9. The van der Waals surface area contributed by atoms with Gasteiger partial charge in [-0.05, 0) is 39.8 Å². The van der Waals surface area contributed by atoms with Gasteiger partial charge in [-0.3, -0.25) is 4.99 Å². The van der Waals surface area contributed by atoms with E-state index in [1.54, 1.807) is 7.05 Å². The summed E-state index contributed by atoms with van der Waals surface area (Å²) >= 11 is 0. The number of rotatable bonds is 8. The number of likely N-dealkylation sites (N-methyl/N-ethyl adjacent to an activating group) is 1. The molecule has 5 nitrogen and oxygen atoms in total. The number of hydrogen-bond donors (Lipinski definition) is 2. The Hall–Kier alpha value is -0.0800. The van der Waals surface area contributed by atoms with Crippen molar-refractivity contribution in [2.45, 2.75) is 25.8 Å². The van der Waals surface area contributed by atoms with Gasteiger partial charge in [0.15, 0.2) is 5.96 Å². The van der Waals surface area contributed by atoms with Gasteiger partial charge in [0, 0.05) is 32.8 Å². The Morgan fingerprint density at radius 3 is 2.53 bits per heavy atom. The predicted molar refractivity (Wildman–Crippen MR) is 91.5 cm³/mol. The first-order valence-corrected chi connectivity index (χ1v) is 6.87. The number of hydrogen-bond acceptors (Lipinski definition) is 3. The van der Waals surface area contributed by atoms with Crippen LogP contribution >= 0.6 is 24.0 Å². The van der Waals surface area contributed by atoms with Crippen LogP contribution in [0.1, 0.15) is 19.8 Å². The van der Waals surface area contributed by atoms with Gasteiger partial charge in [0.25, 0.3) is 0 Å². The molecule has 1 unspecified atom stereocenters. The second-order valence-corrected chi connectivity index (χ2v) is 4.95. The zero-order chi connectivity index (χ0) is 13.4. The fraction of sp³-hybridized carbons (Fsp3) is 0.923. The van der Waals surface area contributed by atoms with Crippen molar-refractivity contribution in [2.24, 2.45) is 10.9 Å². The van der Waals surface area contributed by atoms with E-state index in [0.29, 0.717) is 6.04 Å². The van der Waals surface area contributed by atoms with E-state index in [-0.39, 0.29) is 24.0 Å². The Kier molecular flexibility index (Phi) is 10.6. The number of nitrogens with one attached hydrogen (secondary N) is 2. The molecule has 114 valence electrons. The predicted octanol–water partition coefficient (Wildman–Crippen LogP) is 1.15. The lowest BCUT2D eigenvalue weighted by Gasteiger charge is -2.25. The molecule has 0 aromatic carbocycles. The van der Waals surface area contributed by atoms with Crippen molar-refractivity contribution in [1.29, 1.82) is 0 Å². The van der Waals surface area contributed by atoms with Crippen LogP contribution in [0, 0.1) is 5.92 Å². The minimum atomic E-state index is 0. The molecule has 19 heavy (non-hydrogen) atoms. The molecule has 1 saturated carbocycles. The van der Waals surface area contributed by atoms with Crippen LogP contribution in [0.4, 0.5) is 0 Å². The molecule has 1 atom stereocenters.